The van der Waals surface area contributed by atoms with Crippen LogP contribution in [0, 0.1) is 4.77 Å². The fourth-order valence-corrected chi connectivity index (χ4v) is 3.76. The molecule has 0 atom stereocenters. The Bertz CT molecular complexity index is 755. The molecule has 4 rings (SSSR count). The summed E-state index contributed by atoms with van der Waals surface area (Å²) in [5, 5.41) is 4.75. The lowest BCUT2D eigenvalue weighted by Gasteiger charge is -2.34. The minimum absolute atomic E-state index is 0.315. The number of nitrogens with zero attached hydrogens (tertiary/aromatic N) is 3. The van der Waals surface area contributed by atoms with E-state index < -0.39 is 0 Å². The van der Waals surface area contributed by atoms with E-state index in [4.69, 9.17) is 26.8 Å². The highest BCUT2D eigenvalue weighted by Gasteiger charge is 2.41. The molecule has 1 spiro atoms. The van der Waals surface area contributed by atoms with E-state index in [1.807, 2.05) is 34.5 Å². The largest absolute Gasteiger partial charge is 0.347 e. The number of rotatable bonds is 3. The fraction of sp³-hybridized carbons (Fsp3) is 0.529. The molecular formula is C17H23N4O2S+. The Hall–Kier alpha value is -1.54. The van der Waals surface area contributed by atoms with Gasteiger partial charge in [-0.1, -0.05) is 30.3 Å². The van der Waals surface area contributed by atoms with Gasteiger partial charge >= 0.3 is 0 Å². The number of hydrogen-bond donors (Lipinski definition) is 1. The SMILES string of the molecule is Cn1c(-c2ccccc2)nn(C[NH+]2CCC3(CC2)OCCO3)c1=S. The fourth-order valence-electron chi connectivity index (χ4n) is 3.57. The van der Waals surface area contributed by atoms with Crippen molar-refractivity contribution in [2.45, 2.75) is 25.3 Å². The molecule has 0 bridgehead atoms. The summed E-state index contributed by atoms with van der Waals surface area (Å²) in [6, 6.07) is 10.2. The average molecular weight is 347 g/mol. The van der Waals surface area contributed by atoms with Gasteiger partial charge in [-0.2, -0.15) is 4.68 Å². The van der Waals surface area contributed by atoms with Gasteiger partial charge in [0.05, 0.1) is 39.1 Å². The summed E-state index contributed by atoms with van der Waals surface area (Å²) in [5.41, 5.74) is 1.09. The normalized spacial score (nSPS) is 20.7. The van der Waals surface area contributed by atoms with E-state index in [0.29, 0.717) is 0 Å². The smallest absolute Gasteiger partial charge is 0.202 e. The van der Waals surface area contributed by atoms with Gasteiger partial charge in [0.2, 0.25) is 4.77 Å². The summed E-state index contributed by atoms with van der Waals surface area (Å²) < 4.78 is 16.3. The molecule has 0 radical (unpaired) electrons. The number of benzene rings is 1. The van der Waals surface area contributed by atoms with E-state index in [2.05, 4.69) is 12.1 Å². The maximum atomic E-state index is 5.80. The molecule has 2 saturated heterocycles. The minimum atomic E-state index is -0.315. The highest BCUT2D eigenvalue weighted by Crippen LogP contribution is 2.27. The summed E-state index contributed by atoms with van der Waals surface area (Å²) in [6.45, 7) is 4.26. The molecule has 6 nitrogen and oxygen atoms in total. The van der Waals surface area contributed by atoms with Gasteiger partial charge in [-0.25, -0.2) is 0 Å². The second-order valence-corrected chi connectivity index (χ2v) is 6.91. The Kier molecular flexibility index (Phi) is 4.26. The third-order valence-corrected chi connectivity index (χ3v) is 5.46. The van der Waals surface area contributed by atoms with Crippen molar-refractivity contribution in [3.8, 4) is 11.4 Å². The molecule has 0 saturated carbocycles. The van der Waals surface area contributed by atoms with Gasteiger partial charge in [-0.05, 0) is 12.2 Å². The Morgan fingerprint density at radius 2 is 1.83 bits per heavy atom. The van der Waals surface area contributed by atoms with Crippen molar-refractivity contribution in [1.29, 1.82) is 0 Å². The third kappa shape index (κ3) is 2.93. The standard InChI is InChI=1S/C17H22N4O2S/c1-19-15(14-5-3-2-4-6-14)18-21(16(19)24)13-20-9-7-17(8-10-20)22-11-12-23-17/h2-6H,7-13H2,1H3/p+1. The van der Waals surface area contributed by atoms with Crippen molar-refractivity contribution >= 4 is 12.2 Å². The van der Waals surface area contributed by atoms with Crippen LogP contribution in [0.25, 0.3) is 11.4 Å². The number of nitrogens with one attached hydrogen (secondary N) is 1. The van der Waals surface area contributed by atoms with Crippen molar-refractivity contribution < 1.29 is 14.4 Å². The summed E-state index contributed by atoms with van der Waals surface area (Å²) in [5.74, 6) is 0.598. The highest BCUT2D eigenvalue weighted by molar-refractivity contribution is 7.71. The zero-order valence-corrected chi connectivity index (χ0v) is 14.7. The second kappa shape index (κ2) is 6.40. The van der Waals surface area contributed by atoms with Crippen LogP contribution in [0.4, 0.5) is 0 Å². The molecule has 0 unspecified atom stereocenters. The van der Waals surface area contributed by atoms with Gasteiger partial charge in [0.1, 0.15) is 0 Å². The molecule has 2 aromatic rings. The Morgan fingerprint density at radius 1 is 1.17 bits per heavy atom. The van der Waals surface area contributed by atoms with Gasteiger partial charge in [0.15, 0.2) is 18.3 Å². The zero-order valence-electron chi connectivity index (χ0n) is 13.9. The first-order valence-electron chi connectivity index (χ1n) is 8.48. The maximum Gasteiger partial charge on any atom is 0.202 e. The van der Waals surface area contributed by atoms with E-state index in [-0.39, 0.29) is 5.79 Å². The third-order valence-electron chi connectivity index (χ3n) is 4.98. The molecule has 1 aromatic heterocycles. The number of quaternary nitrogens is 1. The summed E-state index contributed by atoms with van der Waals surface area (Å²) >= 11 is 5.58. The van der Waals surface area contributed by atoms with Crippen LogP contribution in [0.15, 0.2) is 30.3 Å². The molecule has 24 heavy (non-hydrogen) atoms. The lowest BCUT2D eigenvalue weighted by Crippen LogP contribution is -3.13. The van der Waals surface area contributed by atoms with E-state index in [1.165, 1.54) is 4.90 Å². The average Bonchev–Trinajstić information content (AvgIpc) is 3.18. The second-order valence-electron chi connectivity index (χ2n) is 6.55. The topological polar surface area (TPSA) is 45.7 Å². The number of aromatic nitrogens is 3. The quantitative estimate of drug-likeness (QED) is 0.842. The monoisotopic (exact) mass is 347 g/mol. The molecular weight excluding hydrogens is 324 g/mol. The van der Waals surface area contributed by atoms with Crippen LogP contribution in [0.2, 0.25) is 0 Å². The van der Waals surface area contributed by atoms with Crippen molar-refractivity contribution in [3.63, 3.8) is 0 Å². The molecule has 0 aliphatic carbocycles. The van der Waals surface area contributed by atoms with Crippen LogP contribution in [-0.4, -0.2) is 46.4 Å². The zero-order chi connectivity index (χ0) is 16.6. The van der Waals surface area contributed by atoms with Crippen LogP contribution >= 0.6 is 12.2 Å². The highest BCUT2D eigenvalue weighted by atomic mass is 32.1. The molecule has 2 aliphatic heterocycles. The van der Waals surface area contributed by atoms with E-state index >= 15 is 0 Å². The summed E-state index contributed by atoms with van der Waals surface area (Å²) in [4.78, 5) is 1.47. The Balaban J connectivity index is 1.49. The van der Waals surface area contributed by atoms with Gasteiger partial charge in [-0.3, -0.25) is 0 Å². The predicted molar refractivity (Wildman–Crippen MR) is 92.0 cm³/mol. The molecule has 0 amide bonds. The van der Waals surface area contributed by atoms with Crippen molar-refractivity contribution in [3.05, 3.63) is 35.1 Å². The van der Waals surface area contributed by atoms with Crippen molar-refractivity contribution in [2.75, 3.05) is 26.3 Å². The summed E-state index contributed by atoms with van der Waals surface area (Å²) in [7, 11) is 1.98. The van der Waals surface area contributed by atoms with Crippen LogP contribution < -0.4 is 4.90 Å². The van der Waals surface area contributed by atoms with Gasteiger partial charge in [-0.15, -0.1) is 5.10 Å². The van der Waals surface area contributed by atoms with Gasteiger partial charge < -0.3 is 18.9 Å². The first-order valence-corrected chi connectivity index (χ1v) is 8.88. The first kappa shape index (κ1) is 16.0. The van der Waals surface area contributed by atoms with Crippen LogP contribution in [0.3, 0.4) is 0 Å². The number of hydrogen-bond acceptors (Lipinski definition) is 4. The predicted octanol–water partition coefficient (Wildman–Crippen LogP) is 0.997. The molecule has 2 aliphatic rings. The maximum absolute atomic E-state index is 5.80. The van der Waals surface area contributed by atoms with E-state index in [0.717, 1.165) is 62.0 Å². The molecule has 128 valence electrons. The lowest BCUT2D eigenvalue weighted by molar-refractivity contribution is -0.931. The van der Waals surface area contributed by atoms with Crippen LogP contribution in [0.5, 0.6) is 0 Å². The molecule has 1 N–H and O–H groups in total. The number of ether oxygens (including phenoxy) is 2. The Labute approximate surface area is 146 Å². The molecule has 1 aromatic carbocycles. The van der Waals surface area contributed by atoms with Gasteiger partial charge in [0, 0.05) is 12.6 Å². The Morgan fingerprint density at radius 3 is 2.50 bits per heavy atom. The lowest BCUT2D eigenvalue weighted by atomic mass is 10.0. The summed E-state index contributed by atoms with van der Waals surface area (Å²) in [6.07, 6.45) is 1.88. The molecule has 3 heterocycles. The number of likely N-dealkylation sites (tertiary alicyclic amines) is 1. The van der Waals surface area contributed by atoms with Crippen LogP contribution in [-0.2, 0) is 23.2 Å². The van der Waals surface area contributed by atoms with Crippen molar-refractivity contribution in [1.82, 2.24) is 14.3 Å². The van der Waals surface area contributed by atoms with Crippen molar-refractivity contribution in [2.24, 2.45) is 7.05 Å². The van der Waals surface area contributed by atoms with Gasteiger partial charge in [0.25, 0.3) is 0 Å². The van der Waals surface area contributed by atoms with E-state index in [9.17, 15) is 0 Å². The number of piperidine rings is 1. The molecule has 2 fully saturated rings. The van der Waals surface area contributed by atoms with Crippen LogP contribution in [0.1, 0.15) is 12.8 Å². The first-order chi connectivity index (χ1) is 11.7. The minimum Gasteiger partial charge on any atom is -0.347 e. The van der Waals surface area contributed by atoms with E-state index in [1.54, 1.807) is 0 Å². The molecule has 7 heteroatoms.